The Morgan fingerprint density at radius 3 is 1.28 bits per heavy atom. The second kappa shape index (κ2) is 63.5. The minimum Gasteiger partial charge on any atom is -0.477 e. The number of hydrogen-bond acceptors (Lipinski definition) is 33. The van der Waals surface area contributed by atoms with Gasteiger partial charge < -0.3 is 145 Å². The molecule has 0 bridgehead atoms. The van der Waals surface area contributed by atoms with Gasteiger partial charge in [-0.15, -0.1) is 0 Å². The predicted molar refractivity (Wildman–Crippen MR) is 460 cm³/mol. The number of aliphatic hydroxyl groups is 12. The van der Waals surface area contributed by atoms with Crippen LogP contribution in [0.2, 0.25) is 0 Å². The number of ether oxygens (including phenoxy) is 9. The smallest absolute Gasteiger partial charge is 0.472 e. The van der Waals surface area contributed by atoms with Gasteiger partial charge >= 0.3 is 39.5 Å². The highest BCUT2D eigenvalue weighted by Gasteiger charge is 2.63. The minimum absolute atomic E-state index is 0.0129. The molecule has 0 saturated carbocycles. The Balaban J connectivity index is 1.90. The van der Waals surface area contributed by atoms with Crippen molar-refractivity contribution in [1.29, 1.82) is 0 Å². The monoisotopic (exact) mass is 1890 g/mol. The van der Waals surface area contributed by atoms with E-state index in [0.29, 0.717) is 38.5 Å². The van der Waals surface area contributed by atoms with Crippen molar-refractivity contribution in [1.82, 2.24) is 10.6 Å². The molecule has 0 radical (unpaired) electrons. The zero-order valence-electron chi connectivity index (χ0n) is 75.7. The number of phosphoric acid groups is 2. The molecule has 4 aliphatic heterocycles. The number of carboxylic acids is 2. The summed E-state index contributed by atoms with van der Waals surface area (Å²) in [5, 5.41) is 164. The van der Waals surface area contributed by atoms with Crippen molar-refractivity contribution in [2.75, 3.05) is 39.6 Å². The molecule has 0 aromatic heterocycles. The largest absolute Gasteiger partial charge is 0.477 e. The Morgan fingerprint density at radius 1 is 0.469 bits per heavy atom. The van der Waals surface area contributed by atoms with Crippen molar-refractivity contribution >= 4 is 51.3 Å². The number of hydrogen-bond donors (Lipinski definition) is 20. The van der Waals surface area contributed by atoms with E-state index in [2.05, 4.69) is 38.3 Å². The first-order chi connectivity index (χ1) is 61.0. The zero-order chi connectivity index (χ0) is 94.8. The summed E-state index contributed by atoms with van der Waals surface area (Å²) in [4.78, 5) is 117. The van der Waals surface area contributed by atoms with Gasteiger partial charge in [-0.25, -0.2) is 18.7 Å². The molecule has 42 heteroatoms. The number of phosphoric ester groups is 2. The summed E-state index contributed by atoms with van der Waals surface area (Å²) in [6.07, 6.45) is -14.4. The number of aliphatic hydroxyl groups excluding tert-OH is 12. The second-order valence-corrected chi connectivity index (χ2v) is 37.5. The number of aliphatic carboxylic acids is 2. The van der Waals surface area contributed by atoms with Crippen LogP contribution in [0.1, 0.15) is 323 Å². The Kier molecular flexibility index (Phi) is 57.9. The third-order valence-corrected chi connectivity index (χ3v) is 25.3. The lowest BCUT2D eigenvalue weighted by Gasteiger charge is -2.50. The van der Waals surface area contributed by atoms with Gasteiger partial charge in [-0.3, -0.25) is 32.7 Å². The second-order valence-electron chi connectivity index (χ2n) is 34.9. The van der Waals surface area contributed by atoms with Crippen molar-refractivity contribution in [3.05, 3.63) is 0 Å². The molecule has 4 aliphatic rings. The van der Waals surface area contributed by atoms with Crippen molar-refractivity contribution in [3.8, 4) is 0 Å². The number of carboxylic acid groups (broad SMARTS) is 2. The van der Waals surface area contributed by atoms with Crippen molar-refractivity contribution < 1.29 is 180 Å². The molecule has 40 nitrogen and oxygen atoms in total. The highest BCUT2D eigenvalue weighted by atomic mass is 31.2. The third kappa shape index (κ3) is 43.5. The predicted octanol–water partition coefficient (Wildman–Crippen LogP) is 6.20. The van der Waals surface area contributed by atoms with Crippen LogP contribution >= 0.6 is 15.6 Å². The molecule has 0 aromatic rings. The maximum absolute atomic E-state index is 14.7. The fraction of sp³-hybridized carbons (Fsp3) is 0.930. The molecule has 25 atom stereocenters. The minimum atomic E-state index is -6.08. The summed E-state index contributed by atoms with van der Waals surface area (Å²) < 4.78 is 95.6. The Bertz CT molecular complexity index is 3160. The van der Waals surface area contributed by atoms with Crippen LogP contribution in [-0.2, 0) is 94.1 Å². The van der Waals surface area contributed by atoms with Crippen LogP contribution < -0.4 is 16.4 Å². The molecule has 4 rings (SSSR count). The normalized spacial score (nSPS) is 28.2. The molecule has 21 N–H and O–H groups in total. The van der Waals surface area contributed by atoms with E-state index in [0.717, 1.165) is 193 Å². The highest BCUT2D eigenvalue weighted by Crippen LogP contribution is 2.49. The molecule has 0 aliphatic carbocycles. The Hall–Kier alpha value is -3.76. The van der Waals surface area contributed by atoms with Gasteiger partial charge in [-0.1, -0.05) is 259 Å². The van der Waals surface area contributed by atoms with Crippen molar-refractivity contribution in [2.24, 2.45) is 5.73 Å². The fourth-order valence-corrected chi connectivity index (χ4v) is 18.0. The average molecular weight is 1890 g/mol. The van der Waals surface area contributed by atoms with Crippen LogP contribution in [0.5, 0.6) is 0 Å². The highest BCUT2D eigenvalue weighted by molar-refractivity contribution is 7.47. The molecule has 4 fully saturated rings. The number of rotatable bonds is 73. The van der Waals surface area contributed by atoms with E-state index in [1.54, 1.807) is 0 Å². The lowest BCUT2D eigenvalue weighted by Crippen LogP contribution is -2.69. The maximum Gasteiger partial charge on any atom is 0.472 e. The summed E-state index contributed by atoms with van der Waals surface area (Å²) >= 11 is 0. The van der Waals surface area contributed by atoms with Gasteiger partial charge in [0.15, 0.2) is 24.8 Å². The molecule has 128 heavy (non-hydrogen) atoms. The molecule has 0 spiro atoms. The van der Waals surface area contributed by atoms with E-state index in [1.165, 1.54) is 0 Å². The summed E-state index contributed by atoms with van der Waals surface area (Å²) in [5.74, 6) is -16.0. The quantitative estimate of drug-likeness (QED) is 0.0183. The van der Waals surface area contributed by atoms with Crippen LogP contribution in [-0.4, -0.2) is 308 Å². The van der Waals surface area contributed by atoms with Gasteiger partial charge in [0.1, 0.15) is 73.1 Å². The summed E-state index contributed by atoms with van der Waals surface area (Å²) in [6, 6.07) is -4.01. The average Bonchev–Trinajstić information content (AvgIpc) is 0.755. The Morgan fingerprint density at radius 2 is 0.875 bits per heavy atom. The van der Waals surface area contributed by atoms with Gasteiger partial charge in [0.2, 0.25) is 11.8 Å². The van der Waals surface area contributed by atoms with E-state index in [4.69, 9.17) is 61.9 Å². The summed E-state index contributed by atoms with van der Waals surface area (Å²) in [5.41, 5.74) is 5.39. The number of nitrogens with one attached hydrogen (secondary N) is 2. The first kappa shape index (κ1) is 117. The first-order valence-corrected chi connectivity index (χ1v) is 50.2. The van der Waals surface area contributed by atoms with Crippen LogP contribution in [0, 0.1) is 0 Å². The van der Waals surface area contributed by atoms with E-state index in [-0.39, 0.29) is 32.2 Å². The van der Waals surface area contributed by atoms with Gasteiger partial charge in [-0.2, -0.15) is 0 Å². The number of carbonyl (C=O) groups is 6. The molecular weight excluding hydrogens is 1730 g/mol. The first-order valence-electron chi connectivity index (χ1n) is 47.1. The van der Waals surface area contributed by atoms with Crippen molar-refractivity contribution in [3.63, 3.8) is 0 Å². The van der Waals surface area contributed by atoms with Crippen LogP contribution in [0.3, 0.4) is 0 Å². The lowest BCUT2D eigenvalue weighted by atomic mass is 9.90. The van der Waals surface area contributed by atoms with Crippen LogP contribution in [0.25, 0.3) is 0 Å². The number of nitrogens with two attached hydrogens (primary N) is 1. The van der Waals surface area contributed by atoms with E-state index >= 15 is 0 Å². The van der Waals surface area contributed by atoms with Gasteiger partial charge in [0.25, 0.3) is 11.6 Å². The van der Waals surface area contributed by atoms with E-state index < -0.39 is 269 Å². The zero-order valence-corrected chi connectivity index (χ0v) is 77.5. The lowest BCUT2D eigenvalue weighted by molar-refractivity contribution is -0.377. The number of unbranched alkanes of at least 4 members (excludes halogenated alkanes) is 32. The fourth-order valence-electron chi connectivity index (χ4n) is 16.5. The molecule has 4 saturated heterocycles. The summed E-state index contributed by atoms with van der Waals surface area (Å²) in [6.45, 7) is 2.05. The molecular formula is C86H159N3O37P2. The van der Waals surface area contributed by atoms with Gasteiger partial charge in [0.05, 0.1) is 95.3 Å². The molecule has 1 unspecified atom stereocenters. The number of amides is 2. The topological polar surface area (TPSA) is 641 Å². The summed E-state index contributed by atoms with van der Waals surface area (Å²) in [7, 11) is -11.4. The van der Waals surface area contributed by atoms with Crippen LogP contribution in [0.15, 0.2) is 0 Å². The van der Waals surface area contributed by atoms with Gasteiger partial charge in [0, 0.05) is 19.4 Å². The van der Waals surface area contributed by atoms with E-state index in [1.807, 2.05) is 0 Å². The standard InChI is InChI=1S/C86H159N3O37P2/c1-5-9-13-17-21-25-29-33-37-41-57(92)47-67(98)88-71-79(120-69(100)49-59(94)43-39-35-31-27-23-19-15-11-7-3)75(104)65(118-81(71)105)55-115-82-72(89-68(99)48-58(93)42-38-34-30-26-22-18-14-10-6-2)80(121-70(101)50-60(95)44-40-36-32-28-24-20-16-12-8-4)78(126-127(110,111)112)66(119-82)56-116-85(83(106)107)52-63(74(103)76(123-85)62(97)53-90)122-86(84(108)109)51-61(96)73(102)77(124-86)64(54-91)125-128(113,114)117-46-45-87/h57-66,71-82,90-97,102-105H,5-56,87H2,1-4H3,(H,88,98)(H,89,99)(H,106,107)(H,108,109)(H,113,114)(H2,110,111,112)/t57-,58-,59-,60-,61-,62-,63-,64-,65-,66-,71-,72-,73-,74-,75-,76-,77-,78-,79-,80-,81+,82-,85-,86-/m1/s1. The van der Waals surface area contributed by atoms with E-state index in [9.17, 15) is 124 Å². The molecule has 2 amide bonds. The maximum atomic E-state index is 14.7. The van der Waals surface area contributed by atoms with Crippen molar-refractivity contribution in [2.45, 2.75) is 469 Å². The molecule has 750 valence electrons. The third-order valence-electron chi connectivity index (χ3n) is 23.7. The SMILES string of the molecule is CCCCCCCCCCC[C@@H](O)CC(=O)N[C@@H]1[C@@H](OC(=O)C[C@H](O)CCCCCCCCCCC)[C@H](O)[C@@H](CO[C@@H]2O[C@H](CO[C@]3(C(=O)O)C[C@@H](O[C@]4(C(=O)O)C[C@@H](O)[C@@H](O)[C@@H]([C@@H](CO)OP(=O)(O)OCCN)O4)[C@@H](O)[C@@H]([C@H](O)CO)O3)[C@@H](OP(=O)(O)O)[C@H](OC(=O)C[C@H](O)CCCCCCCCCCC)[C@H]2NC(=O)C[C@H](O)CCCCCCCCCCC)O[C@@H]1O. The molecule has 4 heterocycles. The number of esters is 2. The number of carbonyl (C=O) groups excluding carboxylic acids is 4. The Labute approximate surface area is 753 Å². The van der Waals surface area contributed by atoms with Gasteiger partial charge in [-0.05, 0) is 25.7 Å². The van der Waals surface area contributed by atoms with Crippen LogP contribution in [0.4, 0.5) is 0 Å². The molecule has 0 aromatic carbocycles.